The Kier molecular flexibility index (Phi) is 5.33. The molecule has 2 aliphatic rings. The second-order valence-corrected chi connectivity index (χ2v) is 7.64. The van der Waals surface area contributed by atoms with Crippen molar-refractivity contribution in [1.82, 2.24) is 5.32 Å². The first-order valence-electron chi connectivity index (χ1n) is 10.4. The number of hydrogen-bond acceptors (Lipinski definition) is 7. The minimum Gasteiger partial charge on any atom is -0.508 e. The molecular formula is C25H24N2O5. The van der Waals surface area contributed by atoms with Gasteiger partial charge < -0.3 is 24.1 Å². The van der Waals surface area contributed by atoms with E-state index in [1.165, 1.54) is 0 Å². The summed E-state index contributed by atoms with van der Waals surface area (Å²) in [4.78, 5) is 5.02. The Labute approximate surface area is 186 Å². The maximum Gasteiger partial charge on any atom is 0.231 e. The van der Waals surface area contributed by atoms with E-state index in [0.717, 1.165) is 28.2 Å². The number of nitrogens with zero attached hydrogens (tertiary/aromatic N) is 1. The van der Waals surface area contributed by atoms with Crippen LogP contribution >= 0.6 is 0 Å². The number of aliphatic imine (C=N–C) groups is 1. The van der Waals surface area contributed by atoms with E-state index in [1.807, 2.05) is 54.6 Å². The lowest BCUT2D eigenvalue weighted by Gasteiger charge is -2.31. The van der Waals surface area contributed by atoms with Crippen molar-refractivity contribution in [2.24, 2.45) is 4.99 Å². The summed E-state index contributed by atoms with van der Waals surface area (Å²) in [5.74, 6) is 2.99. The monoisotopic (exact) mass is 432 g/mol. The number of para-hydroxylation sites is 1. The molecule has 0 radical (unpaired) electrons. The molecule has 0 saturated carbocycles. The van der Waals surface area contributed by atoms with Gasteiger partial charge in [0.25, 0.3) is 0 Å². The Morgan fingerprint density at radius 1 is 0.938 bits per heavy atom. The predicted molar refractivity (Wildman–Crippen MR) is 120 cm³/mol. The van der Waals surface area contributed by atoms with E-state index >= 15 is 0 Å². The first-order valence-corrected chi connectivity index (χ1v) is 10.4. The summed E-state index contributed by atoms with van der Waals surface area (Å²) in [5, 5.41) is 14.1. The van der Waals surface area contributed by atoms with Gasteiger partial charge in [-0.2, -0.15) is 0 Å². The number of ether oxygens (including phenoxy) is 4. The number of phenolic OH excluding ortho intramolecular Hbond substituents is 1. The third kappa shape index (κ3) is 3.71. The molecule has 5 rings (SSSR count). The standard InChI is InChI=1S/C25H24N2O5/c1-29-21-9-8-16(12-23(21)30-2)25-26-18(15-7-10-22-24(11-15)32-14-31-22)13-19(27-25)17-5-3-4-6-20(17)28/h3-12,19,25,27-28H,13-14H2,1-2H3. The number of aromatic hydroxyl groups is 1. The third-order valence-electron chi connectivity index (χ3n) is 5.78. The predicted octanol–water partition coefficient (Wildman–Crippen LogP) is 4.36. The quantitative estimate of drug-likeness (QED) is 0.624. The van der Waals surface area contributed by atoms with E-state index < -0.39 is 0 Å². The van der Waals surface area contributed by atoms with Crippen LogP contribution in [0, 0.1) is 0 Å². The minimum absolute atomic E-state index is 0.132. The summed E-state index contributed by atoms with van der Waals surface area (Å²) in [7, 11) is 3.22. The van der Waals surface area contributed by atoms with E-state index in [9.17, 15) is 5.11 Å². The molecule has 2 aliphatic heterocycles. The SMILES string of the molecule is COc1ccc(C2N=C(c3ccc4c(c3)OCO4)CC(c3ccccc3O)N2)cc1OC. The molecule has 0 fully saturated rings. The highest BCUT2D eigenvalue weighted by Crippen LogP contribution is 2.38. The topological polar surface area (TPSA) is 81.5 Å². The maximum absolute atomic E-state index is 10.5. The lowest BCUT2D eigenvalue weighted by atomic mass is 9.93. The fourth-order valence-electron chi connectivity index (χ4n) is 4.13. The highest BCUT2D eigenvalue weighted by Gasteiger charge is 2.29. The molecule has 164 valence electrons. The summed E-state index contributed by atoms with van der Waals surface area (Å²) in [6.07, 6.45) is 0.273. The van der Waals surface area contributed by atoms with Gasteiger partial charge in [0.15, 0.2) is 23.0 Å². The summed E-state index contributed by atoms with van der Waals surface area (Å²) in [5.41, 5.74) is 3.63. The van der Waals surface area contributed by atoms with Crippen LogP contribution in [0.4, 0.5) is 0 Å². The fraction of sp³-hybridized carbons (Fsp3) is 0.240. The Morgan fingerprint density at radius 2 is 1.75 bits per heavy atom. The third-order valence-corrected chi connectivity index (χ3v) is 5.78. The second-order valence-electron chi connectivity index (χ2n) is 7.64. The van der Waals surface area contributed by atoms with Crippen molar-refractivity contribution in [3.8, 4) is 28.7 Å². The van der Waals surface area contributed by atoms with Crippen LogP contribution in [0.2, 0.25) is 0 Å². The largest absolute Gasteiger partial charge is 0.508 e. The second kappa shape index (κ2) is 8.43. The van der Waals surface area contributed by atoms with Crippen molar-refractivity contribution in [3.63, 3.8) is 0 Å². The maximum atomic E-state index is 10.5. The Balaban J connectivity index is 1.57. The number of rotatable bonds is 5. The van der Waals surface area contributed by atoms with Crippen LogP contribution < -0.4 is 24.3 Å². The van der Waals surface area contributed by atoms with E-state index in [-0.39, 0.29) is 24.8 Å². The Bertz CT molecular complexity index is 1180. The Morgan fingerprint density at radius 3 is 2.56 bits per heavy atom. The summed E-state index contributed by atoms with van der Waals surface area (Å²) in [6.45, 7) is 0.224. The summed E-state index contributed by atoms with van der Waals surface area (Å²) in [6, 6.07) is 18.9. The van der Waals surface area contributed by atoms with Crippen LogP contribution in [0.1, 0.15) is 35.3 Å². The molecule has 7 heteroatoms. The molecule has 0 aliphatic carbocycles. The van der Waals surface area contributed by atoms with E-state index in [4.69, 9.17) is 23.9 Å². The average molecular weight is 432 g/mol. The first kappa shape index (κ1) is 20.2. The van der Waals surface area contributed by atoms with Crippen LogP contribution in [-0.4, -0.2) is 31.8 Å². The average Bonchev–Trinajstić information content (AvgIpc) is 3.31. The van der Waals surface area contributed by atoms with Gasteiger partial charge in [-0.3, -0.25) is 10.3 Å². The van der Waals surface area contributed by atoms with Gasteiger partial charge in [0.05, 0.1) is 14.2 Å². The zero-order valence-electron chi connectivity index (χ0n) is 17.9. The number of methoxy groups -OCH3 is 2. The zero-order valence-corrected chi connectivity index (χ0v) is 17.9. The number of phenols is 1. The van der Waals surface area contributed by atoms with Crippen LogP contribution in [0.3, 0.4) is 0 Å². The molecule has 3 aromatic rings. The van der Waals surface area contributed by atoms with Crippen molar-refractivity contribution in [2.75, 3.05) is 21.0 Å². The summed E-state index contributed by atoms with van der Waals surface area (Å²) >= 11 is 0. The van der Waals surface area contributed by atoms with Crippen LogP contribution in [0.5, 0.6) is 28.7 Å². The molecule has 7 nitrogen and oxygen atoms in total. The van der Waals surface area contributed by atoms with Crippen LogP contribution in [0.15, 0.2) is 65.7 Å². The molecule has 2 heterocycles. The van der Waals surface area contributed by atoms with E-state index in [2.05, 4.69) is 5.32 Å². The lowest BCUT2D eigenvalue weighted by Crippen LogP contribution is -2.33. The molecule has 0 saturated heterocycles. The van der Waals surface area contributed by atoms with Gasteiger partial charge in [-0.25, -0.2) is 0 Å². The molecule has 0 aromatic heterocycles. The molecule has 2 atom stereocenters. The van der Waals surface area contributed by atoms with Crippen molar-refractivity contribution >= 4 is 5.71 Å². The highest BCUT2D eigenvalue weighted by atomic mass is 16.7. The lowest BCUT2D eigenvalue weighted by molar-refractivity contribution is 0.174. The number of benzene rings is 3. The molecule has 3 aromatic carbocycles. The van der Waals surface area contributed by atoms with Gasteiger partial charge in [0.1, 0.15) is 11.9 Å². The van der Waals surface area contributed by atoms with Gasteiger partial charge >= 0.3 is 0 Å². The van der Waals surface area contributed by atoms with Crippen molar-refractivity contribution < 1.29 is 24.1 Å². The van der Waals surface area contributed by atoms with Gasteiger partial charge in [0, 0.05) is 23.7 Å². The van der Waals surface area contributed by atoms with E-state index in [0.29, 0.717) is 23.7 Å². The number of fused-ring (bicyclic) bond motifs is 1. The number of hydrogen-bond donors (Lipinski definition) is 2. The van der Waals surface area contributed by atoms with Crippen LogP contribution in [0.25, 0.3) is 0 Å². The molecule has 32 heavy (non-hydrogen) atoms. The molecule has 2 N–H and O–H groups in total. The van der Waals surface area contributed by atoms with E-state index in [1.54, 1.807) is 20.3 Å². The van der Waals surface area contributed by atoms with Crippen molar-refractivity contribution in [2.45, 2.75) is 18.6 Å². The van der Waals surface area contributed by atoms with Gasteiger partial charge in [-0.05, 0) is 47.5 Å². The number of nitrogens with one attached hydrogen (secondary N) is 1. The Hall–Kier alpha value is -3.71. The van der Waals surface area contributed by atoms with Gasteiger partial charge in [-0.15, -0.1) is 0 Å². The van der Waals surface area contributed by atoms with Crippen molar-refractivity contribution in [3.05, 3.63) is 77.4 Å². The fourth-order valence-corrected chi connectivity index (χ4v) is 4.13. The minimum atomic E-state index is -0.339. The molecular weight excluding hydrogens is 408 g/mol. The molecule has 2 unspecified atom stereocenters. The first-order chi connectivity index (χ1) is 15.7. The van der Waals surface area contributed by atoms with Crippen molar-refractivity contribution in [1.29, 1.82) is 0 Å². The molecule has 0 bridgehead atoms. The van der Waals surface area contributed by atoms with Gasteiger partial charge in [0.2, 0.25) is 6.79 Å². The highest BCUT2D eigenvalue weighted by molar-refractivity contribution is 6.02. The smallest absolute Gasteiger partial charge is 0.231 e. The zero-order chi connectivity index (χ0) is 22.1. The summed E-state index contributed by atoms with van der Waals surface area (Å²) < 4.78 is 21.9. The molecule has 0 spiro atoms. The van der Waals surface area contributed by atoms with Crippen LogP contribution in [-0.2, 0) is 0 Å². The van der Waals surface area contributed by atoms with Gasteiger partial charge in [-0.1, -0.05) is 24.3 Å². The normalized spacial score (nSPS) is 19.4. The molecule has 0 amide bonds.